The molecule has 4 heterocycles. The van der Waals surface area contributed by atoms with Gasteiger partial charge in [0.05, 0.1) is 23.3 Å². The highest BCUT2D eigenvalue weighted by Gasteiger charge is 2.20. The summed E-state index contributed by atoms with van der Waals surface area (Å²) in [6.45, 7) is 4.39. The number of halogens is 3. The molecule has 0 aliphatic rings. The molecule has 2 atom stereocenters. The van der Waals surface area contributed by atoms with E-state index >= 15 is 0 Å². The van der Waals surface area contributed by atoms with Gasteiger partial charge in [0.15, 0.2) is 5.82 Å². The second-order valence-electron chi connectivity index (χ2n) is 8.74. The second-order valence-corrected chi connectivity index (χ2v) is 9.12. The molecule has 0 amide bonds. The van der Waals surface area contributed by atoms with Gasteiger partial charge in [-0.2, -0.15) is 13.9 Å². The lowest BCUT2D eigenvalue weighted by molar-refractivity contribution is 0.0565. The highest BCUT2D eigenvalue weighted by molar-refractivity contribution is 6.31. The molecule has 4 rings (SSSR count). The van der Waals surface area contributed by atoms with Crippen LogP contribution in [0.25, 0.3) is 17.1 Å². The zero-order valence-electron chi connectivity index (χ0n) is 20.2. The highest BCUT2D eigenvalue weighted by Crippen LogP contribution is 2.29. The highest BCUT2D eigenvalue weighted by atomic mass is 35.5. The summed E-state index contributed by atoms with van der Waals surface area (Å²) in [4.78, 5) is 26.3. The maximum Gasteiger partial charge on any atom is 0.333 e. The monoisotopic (exact) mass is 514 g/mol. The first-order chi connectivity index (χ1) is 17.1. The molecule has 0 aliphatic carbocycles. The summed E-state index contributed by atoms with van der Waals surface area (Å²) in [7, 11) is 0. The van der Waals surface area contributed by atoms with E-state index < -0.39 is 18.2 Å². The van der Waals surface area contributed by atoms with Gasteiger partial charge >= 0.3 is 6.55 Å². The second kappa shape index (κ2) is 10.2. The van der Waals surface area contributed by atoms with Gasteiger partial charge in [-0.15, -0.1) is 0 Å². The number of nitrogens with zero attached hydrogens (tertiary/aromatic N) is 6. The number of hydrogen-bond acceptors (Lipinski definition) is 6. The third kappa shape index (κ3) is 5.05. The number of aryl methyl sites for hydroxylation is 2. The molecule has 0 fully saturated rings. The molecule has 0 aromatic carbocycles. The summed E-state index contributed by atoms with van der Waals surface area (Å²) in [5.41, 5.74) is 3.88. The lowest BCUT2D eigenvalue weighted by atomic mass is 9.95. The Morgan fingerprint density at radius 3 is 2.53 bits per heavy atom. The SMILES string of the molecule is Cc1cnc(-c2ccnc(C(C)O)n2)cc1-n1c(C)cc(C(C)Cc2cnn(C(F)F)c2)c(Cl)c1=O. The fourth-order valence-corrected chi connectivity index (χ4v) is 4.38. The van der Waals surface area contributed by atoms with Crippen LogP contribution in [0.15, 0.2) is 47.8 Å². The maximum absolute atomic E-state index is 13.4. The first-order valence-electron chi connectivity index (χ1n) is 11.3. The molecule has 0 spiro atoms. The third-order valence-corrected chi connectivity index (χ3v) is 6.30. The number of hydrogen-bond donors (Lipinski definition) is 1. The summed E-state index contributed by atoms with van der Waals surface area (Å²) in [6.07, 6.45) is 5.43. The number of alkyl halides is 2. The number of aliphatic hydroxyl groups excluding tert-OH is 1. The van der Waals surface area contributed by atoms with Gasteiger partial charge in [0.25, 0.3) is 5.56 Å². The van der Waals surface area contributed by atoms with Crippen molar-refractivity contribution < 1.29 is 13.9 Å². The normalized spacial score (nSPS) is 13.2. The zero-order valence-corrected chi connectivity index (χ0v) is 20.9. The summed E-state index contributed by atoms with van der Waals surface area (Å²) in [6, 6.07) is 5.26. The van der Waals surface area contributed by atoms with E-state index in [9.17, 15) is 18.7 Å². The van der Waals surface area contributed by atoms with Gasteiger partial charge in [-0.3, -0.25) is 14.3 Å². The lowest BCUT2D eigenvalue weighted by Crippen LogP contribution is -2.24. The minimum absolute atomic E-state index is 0.0607. The van der Waals surface area contributed by atoms with E-state index in [0.29, 0.717) is 45.0 Å². The fourth-order valence-electron chi connectivity index (χ4n) is 4.06. The summed E-state index contributed by atoms with van der Waals surface area (Å²) in [5.74, 6) is 0.0631. The molecule has 0 radical (unpaired) electrons. The number of aliphatic hydroxyl groups is 1. The predicted octanol–water partition coefficient (Wildman–Crippen LogP) is 4.95. The van der Waals surface area contributed by atoms with Crippen molar-refractivity contribution in [1.82, 2.24) is 29.3 Å². The van der Waals surface area contributed by atoms with E-state index in [0.717, 1.165) is 5.56 Å². The molecule has 8 nitrogen and oxygen atoms in total. The van der Waals surface area contributed by atoms with Gasteiger partial charge in [-0.1, -0.05) is 18.5 Å². The van der Waals surface area contributed by atoms with Gasteiger partial charge in [-0.25, -0.2) is 14.6 Å². The minimum Gasteiger partial charge on any atom is -0.385 e. The Kier molecular flexibility index (Phi) is 7.28. The molecule has 1 N–H and O–H groups in total. The Bertz CT molecular complexity index is 1470. The third-order valence-electron chi connectivity index (χ3n) is 5.92. The van der Waals surface area contributed by atoms with Crippen molar-refractivity contribution in [3.8, 4) is 17.1 Å². The molecule has 0 bridgehead atoms. The van der Waals surface area contributed by atoms with Crippen molar-refractivity contribution in [3.05, 3.63) is 86.6 Å². The van der Waals surface area contributed by atoms with E-state index in [1.165, 1.54) is 17.0 Å². The van der Waals surface area contributed by atoms with Crippen LogP contribution in [-0.2, 0) is 6.42 Å². The molecular weight excluding hydrogens is 490 g/mol. The Morgan fingerprint density at radius 2 is 1.86 bits per heavy atom. The zero-order chi connectivity index (χ0) is 26.1. The topological polar surface area (TPSA) is 98.7 Å². The van der Waals surface area contributed by atoms with Crippen LogP contribution < -0.4 is 5.56 Å². The van der Waals surface area contributed by atoms with E-state index in [1.54, 1.807) is 38.4 Å². The fraction of sp³-hybridized carbons (Fsp3) is 0.320. The van der Waals surface area contributed by atoms with Crippen molar-refractivity contribution in [3.63, 3.8) is 0 Å². The van der Waals surface area contributed by atoms with Crippen molar-refractivity contribution in [1.29, 1.82) is 0 Å². The molecular formula is C25H25ClF2N6O2. The number of aromatic nitrogens is 6. The lowest BCUT2D eigenvalue weighted by Gasteiger charge is -2.19. The first-order valence-corrected chi connectivity index (χ1v) is 11.7. The van der Waals surface area contributed by atoms with Crippen LogP contribution in [0.2, 0.25) is 5.02 Å². The van der Waals surface area contributed by atoms with Crippen molar-refractivity contribution in [2.45, 2.75) is 52.7 Å². The Hall–Kier alpha value is -3.50. The van der Waals surface area contributed by atoms with E-state index in [4.69, 9.17) is 11.6 Å². The Morgan fingerprint density at radius 1 is 1.11 bits per heavy atom. The average molecular weight is 515 g/mol. The van der Waals surface area contributed by atoms with Crippen LogP contribution in [0.4, 0.5) is 8.78 Å². The van der Waals surface area contributed by atoms with Crippen LogP contribution >= 0.6 is 11.6 Å². The number of rotatable bonds is 7. The summed E-state index contributed by atoms with van der Waals surface area (Å²) < 4.78 is 27.8. The standard InChI is InChI=1S/C25H25ClF2N6O2/c1-13(7-17-11-31-33(12-17)25(27)28)18-8-15(3)34(24(36)22(18)26)21-9-20(30-10-14(21)2)19-5-6-29-23(32-19)16(4)35/h5-6,8-13,16,25,35H,7H2,1-4H3. The molecule has 0 saturated carbocycles. The van der Waals surface area contributed by atoms with Gasteiger partial charge in [0.1, 0.15) is 11.1 Å². The maximum atomic E-state index is 13.4. The molecule has 11 heteroatoms. The first kappa shape index (κ1) is 25.6. The van der Waals surface area contributed by atoms with E-state index in [-0.39, 0.29) is 16.8 Å². The summed E-state index contributed by atoms with van der Waals surface area (Å²) >= 11 is 6.56. The molecule has 36 heavy (non-hydrogen) atoms. The quantitative estimate of drug-likeness (QED) is 0.374. The van der Waals surface area contributed by atoms with E-state index in [2.05, 4.69) is 20.1 Å². The Balaban J connectivity index is 1.72. The van der Waals surface area contributed by atoms with Gasteiger partial charge in [0, 0.05) is 24.3 Å². The minimum atomic E-state index is -2.71. The van der Waals surface area contributed by atoms with Crippen LogP contribution in [0.1, 0.15) is 60.6 Å². The smallest absolute Gasteiger partial charge is 0.333 e. The molecule has 188 valence electrons. The Labute approximate surface area is 211 Å². The summed E-state index contributed by atoms with van der Waals surface area (Å²) in [5, 5.41) is 13.6. The molecule has 0 aliphatic heterocycles. The van der Waals surface area contributed by atoms with Crippen LogP contribution in [0, 0.1) is 13.8 Å². The van der Waals surface area contributed by atoms with Crippen molar-refractivity contribution in [2.24, 2.45) is 0 Å². The van der Waals surface area contributed by atoms with Gasteiger partial charge in [0.2, 0.25) is 0 Å². The largest absolute Gasteiger partial charge is 0.385 e. The average Bonchev–Trinajstić information content (AvgIpc) is 3.31. The number of pyridine rings is 2. The molecule has 4 aromatic heterocycles. The van der Waals surface area contributed by atoms with Crippen molar-refractivity contribution in [2.75, 3.05) is 0 Å². The van der Waals surface area contributed by atoms with Gasteiger partial charge < -0.3 is 5.11 Å². The van der Waals surface area contributed by atoms with Crippen molar-refractivity contribution >= 4 is 11.6 Å². The molecule has 2 unspecified atom stereocenters. The van der Waals surface area contributed by atoms with Crippen LogP contribution in [0.3, 0.4) is 0 Å². The van der Waals surface area contributed by atoms with E-state index in [1.807, 2.05) is 19.9 Å². The van der Waals surface area contributed by atoms with Crippen LogP contribution in [0.5, 0.6) is 0 Å². The predicted molar refractivity (Wildman–Crippen MR) is 132 cm³/mol. The molecule has 0 saturated heterocycles. The van der Waals surface area contributed by atoms with Gasteiger partial charge in [-0.05, 0) is 68.0 Å². The van der Waals surface area contributed by atoms with Crippen LogP contribution in [-0.4, -0.2) is 34.4 Å². The molecule has 4 aromatic rings.